The Balaban J connectivity index is 1.57. The van der Waals surface area contributed by atoms with E-state index in [0.29, 0.717) is 26.1 Å². The van der Waals surface area contributed by atoms with Gasteiger partial charge in [0.2, 0.25) is 11.8 Å². The first-order valence-electron chi connectivity index (χ1n) is 7.85. The molecule has 118 valence electrons. The van der Waals surface area contributed by atoms with Crippen molar-refractivity contribution >= 4 is 23.4 Å². The molecule has 1 aromatic carbocycles. The van der Waals surface area contributed by atoms with Crippen LogP contribution in [-0.2, 0) is 15.0 Å². The van der Waals surface area contributed by atoms with Gasteiger partial charge < -0.3 is 10.2 Å². The van der Waals surface area contributed by atoms with Crippen LogP contribution in [0.2, 0.25) is 5.02 Å². The van der Waals surface area contributed by atoms with E-state index in [9.17, 15) is 9.59 Å². The van der Waals surface area contributed by atoms with Crippen molar-refractivity contribution in [2.75, 3.05) is 19.6 Å². The van der Waals surface area contributed by atoms with Crippen LogP contribution >= 0.6 is 11.6 Å². The van der Waals surface area contributed by atoms with E-state index in [1.165, 1.54) is 5.56 Å². The number of benzene rings is 1. The van der Waals surface area contributed by atoms with Crippen LogP contribution in [0, 0.1) is 5.92 Å². The number of amides is 2. The fraction of sp³-hybridized carbons (Fsp3) is 0.529. The second-order valence-electron chi connectivity index (χ2n) is 6.34. The van der Waals surface area contributed by atoms with Gasteiger partial charge in [-0.25, -0.2) is 0 Å². The second kappa shape index (κ2) is 5.92. The minimum absolute atomic E-state index is 0.00420. The van der Waals surface area contributed by atoms with Gasteiger partial charge in [0.15, 0.2) is 0 Å². The smallest absolute Gasteiger partial charge is 0.225 e. The van der Waals surface area contributed by atoms with E-state index in [-0.39, 0.29) is 23.1 Å². The van der Waals surface area contributed by atoms with Gasteiger partial charge in [-0.1, -0.05) is 23.7 Å². The van der Waals surface area contributed by atoms with Crippen LogP contribution in [0.4, 0.5) is 0 Å². The molecule has 1 aliphatic carbocycles. The van der Waals surface area contributed by atoms with Crippen LogP contribution in [0.15, 0.2) is 24.3 Å². The number of likely N-dealkylation sites (tertiary alicyclic amines) is 1. The molecule has 0 radical (unpaired) electrons. The first-order valence-corrected chi connectivity index (χ1v) is 8.23. The predicted molar refractivity (Wildman–Crippen MR) is 85.7 cm³/mol. The number of hydrogen-bond acceptors (Lipinski definition) is 2. The molecule has 1 saturated heterocycles. The maximum atomic E-state index is 12.3. The molecule has 1 atom stereocenters. The fourth-order valence-corrected chi connectivity index (χ4v) is 3.30. The molecule has 0 spiro atoms. The molecule has 1 aliphatic heterocycles. The summed E-state index contributed by atoms with van der Waals surface area (Å²) in [5, 5.41) is 3.78. The van der Waals surface area contributed by atoms with Gasteiger partial charge in [0.05, 0.1) is 5.92 Å². The maximum absolute atomic E-state index is 12.3. The zero-order valence-electron chi connectivity index (χ0n) is 12.8. The number of rotatable bonds is 5. The average Bonchev–Trinajstić information content (AvgIpc) is 3.21. The lowest BCUT2D eigenvalue weighted by molar-refractivity contribution is -0.128. The lowest BCUT2D eigenvalue weighted by atomic mass is 9.95. The Kier molecular flexibility index (Phi) is 4.13. The van der Waals surface area contributed by atoms with Crippen molar-refractivity contribution in [2.24, 2.45) is 5.92 Å². The molecule has 1 aromatic rings. The maximum Gasteiger partial charge on any atom is 0.225 e. The summed E-state index contributed by atoms with van der Waals surface area (Å²) in [5.74, 6) is -0.112. The molecule has 3 rings (SSSR count). The largest absolute Gasteiger partial charge is 0.355 e. The Hall–Kier alpha value is -1.55. The monoisotopic (exact) mass is 320 g/mol. The van der Waals surface area contributed by atoms with E-state index >= 15 is 0 Å². The highest BCUT2D eigenvalue weighted by atomic mass is 35.5. The summed E-state index contributed by atoms with van der Waals surface area (Å²) in [6, 6.07) is 7.87. The molecule has 2 aliphatic rings. The van der Waals surface area contributed by atoms with E-state index < -0.39 is 0 Å². The number of carbonyl (C=O) groups excluding carboxylic acids is 2. The number of nitrogens with one attached hydrogen (secondary N) is 1. The molecule has 4 nitrogen and oxygen atoms in total. The van der Waals surface area contributed by atoms with Crippen LogP contribution in [0.25, 0.3) is 0 Å². The number of carbonyl (C=O) groups is 2. The highest BCUT2D eigenvalue weighted by molar-refractivity contribution is 6.30. The Morgan fingerprint density at radius 1 is 1.36 bits per heavy atom. The zero-order valence-corrected chi connectivity index (χ0v) is 13.5. The predicted octanol–water partition coefficient (Wildman–Crippen LogP) is 2.36. The molecule has 0 aromatic heterocycles. The van der Waals surface area contributed by atoms with Gasteiger partial charge in [-0.2, -0.15) is 0 Å². The van der Waals surface area contributed by atoms with Crippen LogP contribution in [-0.4, -0.2) is 36.3 Å². The van der Waals surface area contributed by atoms with E-state index in [0.717, 1.165) is 17.9 Å². The second-order valence-corrected chi connectivity index (χ2v) is 6.77. The standard InChI is InChI=1S/C17H21ClN2O2/c1-2-20-10-12(9-15(20)21)16(22)19-11-17(7-8-17)13-3-5-14(18)6-4-13/h3-6,12H,2,7-11H2,1H3,(H,19,22)/t12-/m1/s1. The Labute approximate surface area is 135 Å². The van der Waals surface area contributed by atoms with Crippen molar-refractivity contribution in [1.29, 1.82) is 0 Å². The minimum atomic E-state index is -0.200. The quantitative estimate of drug-likeness (QED) is 0.905. The third-order valence-electron chi connectivity index (χ3n) is 4.88. The molecule has 1 saturated carbocycles. The highest BCUT2D eigenvalue weighted by Crippen LogP contribution is 2.47. The lowest BCUT2D eigenvalue weighted by Crippen LogP contribution is -2.37. The van der Waals surface area contributed by atoms with Crippen molar-refractivity contribution in [1.82, 2.24) is 10.2 Å². The van der Waals surface area contributed by atoms with Gasteiger partial charge in [-0.15, -0.1) is 0 Å². The van der Waals surface area contributed by atoms with Crippen LogP contribution in [0.3, 0.4) is 0 Å². The SMILES string of the molecule is CCN1C[C@H](C(=O)NCC2(c3ccc(Cl)cc3)CC2)CC1=O. The van der Waals surface area contributed by atoms with Crippen molar-refractivity contribution in [3.63, 3.8) is 0 Å². The Morgan fingerprint density at radius 2 is 2.05 bits per heavy atom. The lowest BCUT2D eigenvalue weighted by Gasteiger charge is -2.18. The molecule has 2 amide bonds. The summed E-state index contributed by atoms with van der Waals surface area (Å²) in [6.45, 7) is 3.81. The summed E-state index contributed by atoms with van der Waals surface area (Å²) < 4.78 is 0. The highest BCUT2D eigenvalue weighted by Gasteiger charge is 2.45. The van der Waals surface area contributed by atoms with Gasteiger partial charge in [0, 0.05) is 36.5 Å². The number of halogens is 1. The molecule has 0 unspecified atom stereocenters. The first kappa shape index (κ1) is 15.3. The normalized spacial score (nSPS) is 22.7. The topological polar surface area (TPSA) is 49.4 Å². The first-order chi connectivity index (χ1) is 10.5. The molecule has 22 heavy (non-hydrogen) atoms. The van der Waals surface area contributed by atoms with Gasteiger partial charge in [-0.05, 0) is 37.5 Å². The van der Waals surface area contributed by atoms with Crippen molar-refractivity contribution in [2.45, 2.75) is 31.6 Å². The molecule has 2 fully saturated rings. The summed E-state index contributed by atoms with van der Waals surface area (Å²) >= 11 is 5.93. The Morgan fingerprint density at radius 3 is 2.59 bits per heavy atom. The third-order valence-corrected chi connectivity index (χ3v) is 5.13. The van der Waals surface area contributed by atoms with Crippen molar-refractivity contribution in [3.05, 3.63) is 34.9 Å². The molecule has 1 N–H and O–H groups in total. The third kappa shape index (κ3) is 2.98. The summed E-state index contributed by atoms with van der Waals surface area (Å²) in [7, 11) is 0. The van der Waals surface area contributed by atoms with Gasteiger partial charge in [-0.3, -0.25) is 9.59 Å². The van der Waals surface area contributed by atoms with Crippen molar-refractivity contribution in [3.8, 4) is 0 Å². The fourth-order valence-electron chi connectivity index (χ4n) is 3.18. The van der Waals surface area contributed by atoms with Crippen LogP contribution in [0.5, 0.6) is 0 Å². The average molecular weight is 321 g/mol. The van der Waals surface area contributed by atoms with Crippen molar-refractivity contribution < 1.29 is 9.59 Å². The van der Waals surface area contributed by atoms with Gasteiger partial charge in [0.1, 0.15) is 0 Å². The van der Waals surface area contributed by atoms with Crippen LogP contribution < -0.4 is 5.32 Å². The van der Waals surface area contributed by atoms with E-state index in [4.69, 9.17) is 11.6 Å². The van der Waals surface area contributed by atoms with E-state index in [1.54, 1.807) is 4.90 Å². The molecular weight excluding hydrogens is 300 g/mol. The molecule has 5 heteroatoms. The summed E-state index contributed by atoms with van der Waals surface area (Å²) in [4.78, 5) is 25.8. The molecular formula is C17H21ClN2O2. The molecule has 0 bridgehead atoms. The van der Waals surface area contributed by atoms with E-state index in [2.05, 4.69) is 5.32 Å². The zero-order chi connectivity index (χ0) is 15.7. The van der Waals surface area contributed by atoms with E-state index in [1.807, 2.05) is 31.2 Å². The Bertz CT molecular complexity index is 581. The van der Waals surface area contributed by atoms with Gasteiger partial charge in [0.25, 0.3) is 0 Å². The van der Waals surface area contributed by atoms with Gasteiger partial charge >= 0.3 is 0 Å². The molecule has 1 heterocycles. The van der Waals surface area contributed by atoms with Crippen LogP contribution in [0.1, 0.15) is 31.7 Å². The summed E-state index contributed by atoms with van der Waals surface area (Å²) in [5.41, 5.74) is 1.29. The number of hydrogen-bond donors (Lipinski definition) is 1. The number of nitrogens with zero attached hydrogens (tertiary/aromatic N) is 1. The summed E-state index contributed by atoms with van der Waals surface area (Å²) in [6.07, 6.45) is 2.51. The minimum Gasteiger partial charge on any atom is -0.355 e.